The van der Waals surface area contributed by atoms with Gasteiger partial charge in [0.1, 0.15) is 23.3 Å². The predicted octanol–water partition coefficient (Wildman–Crippen LogP) is 7.80. The first-order valence-electron chi connectivity index (χ1n) is 16.6. The predicted molar refractivity (Wildman–Crippen MR) is 180 cm³/mol. The molecule has 1 aromatic heterocycles. The molecule has 15 heteroatoms. The molecule has 1 aromatic carbocycles. The maximum absolute atomic E-state index is 13.8. The molecule has 272 valence electrons. The Bertz CT molecular complexity index is 1410. The average molecular weight is 723 g/mol. The Kier molecular flexibility index (Phi) is 11.7. The number of hydrogen-bond acceptors (Lipinski definition) is 6. The van der Waals surface area contributed by atoms with Crippen LogP contribution in [0.2, 0.25) is 25.7 Å². The lowest BCUT2D eigenvalue weighted by Gasteiger charge is -2.34. The Balaban J connectivity index is 1.69. The molecule has 48 heavy (non-hydrogen) atoms. The van der Waals surface area contributed by atoms with Gasteiger partial charge in [0.15, 0.2) is 5.60 Å². The Hall–Kier alpha value is -1.78. The van der Waals surface area contributed by atoms with Crippen molar-refractivity contribution in [1.82, 2.24) is 19.6 Å². The molecule has 1 amide bonds. The molecule has 0 aliphatic heterocycles. The molecule has 2 fully saturated rings. The van der Waals surface area contributed by atoms with Crippen LogP contribution in [-0.4, -0.2) is 63.7 Å². The van der Waals surface area contributed by atoms with E-state index in [1.165, 1.54) is 0 Å². The lowest BCUT2D eigenvalue weighted by atomic mass is 9.79. The summed E-state index contributed by atoms with van der Waals surface area (Å²) in [6.45, 7) is 13.9. The van der Waals surface area contributed by atoms with Crippen LogP contribution in [-0.2, 0) is 32.4 Å². The summed E-state index contributed by atoms with van der Waals surface area (Å²) >= 11 is -1.68. The van der Waals surface area contributed by atoms with Crippen molar-refractivity contribution in [2.45, 2.75) is 134 Å². The third-order valence-corrected chi connectivity index (χ3v) is 12.2. The quantitative estimate of drug-likeness (QED) is 0.0794. The number of carbonyl (C=O) groups excluding carboxylic acids is 1. The molecular formula is C33H51F5N4O4SSi. The first-order chi connectivity index (χ1) is 22.0. The molecule has 1 heterocycles. The Morgan fingerprint density at radius 2 is 1.79 bits per heavy atom. The SMILES string of the molecule is CC(C)(C)[S+]([O-])N[C@H](COC(C)(C)C(F)(F)F)c1nc2ccc([C@H](NC(=O)CC3CC(F)(F)C3)C3CC3)cc2n1COCC[Si](C)(C)C. The monoisotopic (exact) mass is 722 g/mol. The van der Waals surface area contributed by atoms with Crippen LogP contribution in [0.1, 0.15) is 90.2 Å². The van der Waals surface area contributed by atoms with Crippen molar-refractivity contribution in [2.24, 2.45) is 11.8 Å². The number of alkyl halides is 5. The van der Waals surface area contributed by atoms with Gasteiger partial charge in [-0.1, -0.05) is 25.7 Å². The first kappa shape index (κ1) is 39.0. The van der Waals surface area contributed by atoms with Gasteiger partial charge >= 0.3 is 6.18 Å². The van der Waals surface area contributed by atoms with Crippen molar-refractivity contribution in [3.63, 3.8) is 0 Å². The Morgan fingerprint density at radius 1 is 1.15 bits per heavy atom. The summed E-state index contributed by atoms with van der Waals surface area (Å²) < 4.78 is 97.0. The van der Waals surface area contributed by atoms with E-state index in [4.69, 9.17) is 14.5 Å². The molecule has 2 aliphatic carbocycles. The van der Waals surface area contributed by atoms with Gasteiger partial charge in [0.2, 0.25) is 11.8 Å². The van der Waals surface area contributed by atoms with Gasteiger partial charge in [-0.25, -0.2) is 13.8 Å². The number of fused-ring (bicyclic) bond motifs is 1. The normalized spacial score (nSPS) is 19.6. The zero-order chi connectivity index (χ0) is 35.9. The van der Waals surface area contributed by atoms with Crippen LogP contribution < -0.4 is 10.0 Å². The highest BCUT2D eigenvalue weighted by molar-refractivity contribution is 7.90. The van der Waals surface area contributed by atoms with Crippen LogP contribution in [0.4, 0.5) is 22.0 Å². The number of nitrogens with zero attached hydrogens (tertiary/aromatic N) is 2. The summed E-state index contributed by atoms with van der Waals surface area (Å²) in [5.74, 6) is -2.80. The first-order valence-corrected chi connectivity index (χ1v) is 21.5. The lowest BCUT2D eigenvalue weighted by Crippen LogP contribution is -2.47. The lowest BCUT2D eigenvalue weighted by molar-refractivity contribution is -0.265. The Morgan fingerprint density at radius 3 is 2.33 bits per heavy atom. The topological polar surface area (TPSA) is 100 Å². The van der Waals surface area contributed by atoms with E-state index in [-0.39, 0.29) is 49.8 Å². The van der Waals surface area contributed by atoms with Crippen LogP contribution in [0.5, 0.6) is 0 Å². The molecule has 0 saturated heterocycles. The number of ether oxygens (including phenoxy) is 2. The maximum Gasteiger partial charge on any atom is 0.416 e. The highest BCUT2D eigenvalue weighted by Crippen LogP contribution is 2.45. The number of aromatic nitrogens is 2. The largest absolute Gasteiger partial charge is 0.598 e. The number of halogens is 5. The number of imidazole rings is 1. The van der Waals surface area contributed by atoms with E-state index in [0.717, 1.165) is 38.3 Å². The second kappa shape index (κ2) is 14.5. The number of carbonyl (C=O) groups is 1. The molecule has 2 N–H and O–H groups in total. The van der Waals surface area contributed by atoms with Gasteiger partial charge in [-0.15, -0.1) is 4.72 Å². The van der Waals surface area contributed by atoms with E-state index >= 15 is 0 Å². The van der Waals surface area contributed by atoms with Crippen molar-refractivity contribution in [1.29, 1.82) is 0 Å². The number of hydrogen-bond donors (Lipinski definition) is 2. The van der Waals surface area contributed by atoms with E-state index < -0.39 is 54.5 Å². The molecule has 1 unspecified atom stereocenters. The minimum Gasteiger partial charge on any atom is -0.598 e. The van der Waals surface area contributed by atoms with Gasteiger partial charge < -0.3 is 23.9 Å². The summed E-state index contributed by atoms with van der Waals surface area (Å²) in [4.78, 5) is 17.7. The molecule has 0 radical (unpaired) electrons. The molecule has 2 saturated carbocycles. The third-order valence-electron chi connectivity index (χ3n) is 8.85. The van der Waals surface area contributed by atoms with Gasteiger partial charge in [-0.05, 0) is 83.0 Å². The second-order valence-electron chi connectivity index (χ2n) is 16.1. The molecule has 0 bridgehead atoms. The minimum atomic E-state index is -4.64. The number of nitrogens with one attached hydrogen (secondary N) is 2. The number of rotatable bonds is 16. The van der Waals surface area contributed by atoms with Gasteiger partial charge in [0, 0.05) is 45.3 Å². The van der Waals surface area contributed by atoms with Crippen LogP contribution in [0, 0.1) is 11.8 Å². The second-order valence-corrected chi connectivity index (χ2v) is 23.7. The van der Waals surface area contributed by atoms with Gasteiger partial charge in [-0.2, -0.15) is 13.2 Å². The van der Waals surface area contributed by atoms with Crippen LogP contribution in [0.15, 0.2) is 18.2 Å². The number of amides is 1. The molecule has 3 atom stereocenters. The number of benzene rings is 1. The fourth-order valence-electron chi connectivity index (χ4n) is 5.46. The van der Waals surface area contributed by atoms with E-state index in [2.05, 4.69) is 29.7 Å². The van der Waals surface area contributed by atoms with Crippen molar-refractivity contribution in [3.8, 4) is 0 Å². The molecule has 0 spiro atoms. The summed E-state index contributed by atoms with van der Waals surface area (Å²) in [5.41, 5.74) is -0.482. The summed E-state index contributed by atoms with van der Waals surface area (Å²) in [7, 11) is -1.44. The van der Waals surface area contributed by atoms with Crippen LogP contribution in [0.3, 0.4) is 0 Å². The fourth-order valence-corrected chi connectivity index (χ4v) is 7.00. The fraction of sp³-hybridized carbons (Fsp3) is 0.758. The maximum atomic E-state index is 13.8. The summed E-state index contributed by atoms with van der Waals surface area (Å²) in [6.07, 6.45) is -3.34. The minimum absolute atomic E-state index is 0.0408. The van der Waals surface area contributed by atoms with Crippen molar-refractivity contribution in [2.75, 3.05) is 13.2 Å². The highest BCUT2D eigenvalue weighted by atomic mass is 32.2. The highest BCUT2D eigenvalue weighted by Gasteiger charge is 2.49. The molecular weight excluding hydrogens is 672 g/mol. The van der Waals surface area contributed by atoms with Gasteiger partial charge in [-0.3, -0.25) is 4.79 Å². The molecule has 8 nitrogen and oxygen atoms in total. The zero-order valence-electron chi connectivity index (χ0n) is 29.2. The smallest absolute Gasteiger partial charge is 0.416 e. The van der Waals surface area contributed by atoms with E-state index in [0.29, 0.717) is 23.5 Å². The third kappa shape index (κ3) is 10.4. The van der Waals surface area contributed by atoms with Gasteiger partial charge in [0.05, 0.1) is 23.7 Å². The zero-order valence-corrected chi connectivity index (χ0v) is 31.0. The molecule has 2 aliphatic rings. The Labute approximate surface area is 284 Å². The van der Waals surface area contributed by atoms with Crippen molar-refractivity contribution >= 4 is 36.4 Å². The van der Waals surface area contributed by atoms with E-state index in [9.17, 15) is 31.3 Å². The summed E-state index contributed by atoms with van der Waals surface area (Å²) in [5, 5.41) is 3.08. The van der Waals surface area contributed by atoms with Crippen molar-refractivity contribution < 1.29 is 40.8 Å². The van der Waals surface area contributed by atoms with E-state index in [1.807, 2.05) is 12.1 Å². The standard InChI is InChI=1S/C33H51F5N4O4SSi/c1-30(2,3)47(44)41-25(19-46-31(4,5)33(36,37)38)29-39-24-12-11-23(16-26(24)42(29)20-45-13-14-48(6,7)8)28(22-9-10-22)40-27(43)15-21-17-32(34,35)18-21/h11-12,16,21-22,25,28,41H,9-10,13-15,17-20H2,1-8H3,(H,40,43)/t25-,28-,47?/m1/s1. The molecule has 2 aromatic rings. The molecule has 4 rings (SSSR count). The van der Waals surface area contributed by atoms with Crippen molar-refractivity contribution in [3.05, 3.63) is 29.6 Å². The average Bonchev–Trinajstić information content (AvgIpc) is 3.70. The van der Waals surface area contributed by atoms with Crippen LogP contribution >= 0.6 is 0 Å². The van der Waals surface area contributed by atoms with Crippen LogP contribution in [0.25, 0.3) is 11.0 Å². The summed E-state index contributed by atoms with van der Waals surface area (Å²) in [6, 6.07) is 5.10. The van der Waals surface area contributed by atoms with Gasteiger partial charge in [0.25, 0.3) is 0 Å². The van der Waals surface area contributed by atoms with E-state index in [1.54, 1.807) is 31.4 Å².